The van der Waals surface area contributed by atoms with Crippen LogP contribution in [0.1, 0.15) is 13.8 Å². The van der Waals surface area contributed by atoms with Gasteiger partial charge in [0.1, 0.15) is 0 Å². The Balaban J connectivity index is 2.81. The zero-order valence-electron chi connectivity index (χ0n) is 11.1. The number of amides is 1. The van der Waals surface area contributed by atoms with Gasteiger partial charge in [0, 0.05) is 25.8 Å². The molecule has 0 radical (unpaired) electrons. The maximum absolute atomic E-state index is 12.0. The molecule has 1 amide bonds. The van der Waals surface area contributed by atoms with E-state index in [1.54, 1.807) is 6.92 Å². The van der Waals surface area contributed by atoms with Gasteiger partial charge in [-0.3, -0.25) is 4.79 Å². The van der Waals surface area contributed by atoms with Crippen molar-refractivity contribution in [3.05, 3.63) is 24.3 Å². The van der Waals surface area contributed by atoms with Crippen molar-refractivity contribution in [2.24, 2.45) is 0 Å². The Hall–Kier alpha value is -1.44. The number of ether oxygens (including phenoxy) is 1. The first-order chi connectivity index (χ1) is 8.85. The first-order valence-electron chi connectivity index (χ1n) is 5.74. The normalized spacial score (nSPS) is 13.0. The van der Waals surface area contributed by atoms with Gasteiger partial charge in [0.2, 0.25) is 15.9 Å². The van der Waals surface area contributed by atoms with Crippen LogP contribution in [0, 0.1) is 0 Å². The second kappa shape index (κ2) is 6.65. The number of benzene rings is 1. The molecule has 0 fully saturated rings. The molecular formula is C12H18N2O4S. The molecule has 0 aliphatic heterocycles. The van der Waals surface area contributed by atoms with Crippen LogP contribution in [0.15, 0.2) is 29.2 Å². The first-order valence-corrected chi connectivity index (χ1v) is 7.22. The number of carbonyl (C=O) groups excluding carboxylic acids is 1. The van der Waals surface area contributed by atoms with Crippen LogP contribution in [0.5, 0.6) is 0 Å². The van der Waals surface area contributed by atoms with Gasteiger partial charge >= 0.3 is 0 Å². The van der Waals surface area contributed by atoms with E-state index in [9.17, 15) is 13.2 Å². The molecule has 0 unspecified atom stereocenters. The van der Waals surface area contributed by atoms with E-state index in [0.29, 0.717) is 12.3 Å². The third kappa shape index (κ3) is 4.98. The van der Waals surface area contributed by atoms with Crippen molar-refractivity contribution in [3.8, 4) is 0 Å². The Labute approximate surface area is 113 Å². The molecule has 106 valence electrons. The molecule has 6 nitrogen and oxygen atoms in total. The molecule has 0 bridgehead atoms. The molecule has 0 aliphatic rings. The van der Waals surface area contributed by atoms with Gasteiger partial charge in [-0.1, -0.05) is 0 Å². The van der Waals surface area contributed by atoms with E-state index in [-0.39, 0.29) is 16.8 Å². The Morgan fingerprint density at radius 1 is 1.32 bits per heavy atom. The van der Waals surface area contributed by atoms with Gasteiger partial charge in [-0.2, -0.15) is 0 Å². The number of anilines is 1. The van der Waals surface area contributed by atoms with Crippen LogP contribution in [0.3, 0.4) is 0 Å². The fraction of sp³-hybridized carbons (Fsp3) is 0.417. The maximum Gasteiger partial charge on any atom is 0.240 e. The van der Waals surface area contributed by atoms with Crippen molar-refractivity contribution in [2.75, 3.05) is 19.0 Å². The summed E-state index contributed by atoms with van der Waals surface area (Å²) in [5.74, 6) is -0.206. The molecule has 0 saturated heterocycles. The quantitative estimate of drug-likeness (QED) is 0.815. The zero-order valence-corrected chi connectivity index (χ0v) is 12.0. The van der Waals surface area contributed by atoms with Gasteiger partial charge in [0.15, 0.2) is 0 Å². The van der Waals surface area contributed by atoms with Crippen molar-refractivity contribution in [1.82, 2.24) is 4.72 Å². The lowest BCUT2D eigenvalue weighted by atomic mass is 10.3. The largest absolute Gasteiger partial charge is 0.383 e. The van der Waals surface area contributed by atoms with E-state index < -0.39 is 10.0 Å². The number of rotatable bonds is 6. The highest BCUT2D eigenvalue weighted by atomic mass is 32.2. The minimum atomic E-state index is -3.57. The third-order valence-corrected chi connectivity index (χ3v) is 3.86. The van der Waals surface area contributed by atoms with Crippen molar-refractivity contribution in [2.45, 2.75) is 24.8 Å². The summed E-state index contributed by atoms with van der Waals surface area (Å²) in [6.45, 7) is 3.40. The van der Waals surface area contributed by atoms with Crippen LogP contribution in [-0.4, -0.2) is 34.1 Å². The molecule has 1 aromatic carbocycles. The molecule has 2 N–H and O–H groups in total. The Bertz CT molecular complexity index is 525. The van der Waals surface area contributed by atoms with E-state index in [0.717, 1.165) is 0 Å². The summed E-state index contributed by atoms with van der Waals surface area (Å²) in [7, 11) is -2.06. The minimum Gasteiger partial charge on any atom is -0.383 e. The number of nitrogens with one attached hydrogen (secondary N) is 2. The lowest BCUT2D eigenvalue weighted by Crippen LogP contribution is -2.35. The maximum atomic E-state index is 12.0. The topological polar surface area (TPSA) is 84.5 Å². The summed E-state index contributed by atoms with van der Waals surface area (Å²) >= 11 is 0. The predicted octanol–water partition coefficient (Wildman–Crippen LogP) is 0.958. The molecule has 0 aliphatic carbocycles. The number of hydrogen-bond donors (Lipinski definition) is 2. The summed E-state index contributed by atoms with van der Waals surface area (Å²) in [6.07, 6.45) is 0. The Morgan fingerprint density at radius 3 is 2.37 bits per heavy atom. The molecule has 19 heavy (non-hydrogen) atoms. The molecule has 7 heteroatoms. The minimum absolute atomic E-state index is 0.143. The second-order valence-corrected chi connectivity index (χ2v) is 5.90. The lowest BCUT2D eigenvalue weighted by molar-refractivity contribution is -0.114. The van der Waals surface area contributed by atoms with E-state index in [1.807, 2.05) is 0 Å². The van der Waals surface area contributed by atoms with Crippen LogP contribution in [-0.2, 0) is 19.6 Å². The first kappa shape index (κ1) is 15.6. The fourth-order valence-corrected chi connectivity index (χ4v) is 2.77. The van der Waals surface area contributed by atoms with Gasteiger partial charge in [0.05, 0.1) is 11.5 Å². The third-order valence-electron chi connectivity index (χ3n) is 2.26. The zero-order chi connectivity index (χ0) is 14.5. The fourth-order valence-electron chi connectivity index (χ4n) is 1.54. The molecule has 0 heterocycles. The SMILES string of the molecule is COC[C@H](C)NS(=O)(=O)c1ccc(NC(C)=O)cc1. The van der Waals surface area contributed by atoms with Gasteiger partial charge in [0.25, 0.3) is 0 Å². The monoisotopic (exact) mass is 286 g/mol. The van der Waals surface area contributed by atoms with Crippen LogP contribution in [0.2, 0.25) is 0 Å². The van der Waals surface area contributed by atoms with Crippen molar-refractivity contribution < 1.29 is 17.9 Å². The van der Waals surface area contributed by atoms with Crippen LogP contribution < -0.4 is 10.0 Å². The highest BCUT2D eigenvalue weighted by Crippen LogP contribution is 2.14. The summed E-state index contributed by atoms with van der Waals surface area (Å²) < 4.78 is 31.4. The molecule has 0 spiro atoms. The van der Waals surface area contributed by atoms with Crippen molar-refractivity contribution >= 4 is 21.6 Å². The smallest absolute Gasteiger partial charge is 0.240 e. The van der Waals surface area contributed by atoms with Crippen LogP contribution >= 0.6 is 0 Å². The number of hydrogen-bond acceptors (Lipinski definition) is 4. The summed E-state index contributed by atoms with van der Waals surface area (Å²) in [4.78, 5) is 11.0. The highest BCUT2D eigenvalue weighted by molar-refractivity contribution is 7.89. The standard InChI is InChI=1S/C12H18N2O4S/c1-9(8-18-3)14-19(16,17)12-6-4-11(5-7-12)13-10(2)15/h4-7,9,14H,8H2,1-3H3,(H,13,15)/t9-/m0/s1. The summed E-state index contributed by atoms with van der Waals surface area (Å²) in [5.41, 5.74) is 0.552. The van der Waals surface area contributed by atoms with E-state index >= 15 is 0 Å². The Kier molecular flexibility index (Phi) is 5.46. The molecule has 1 rings (SSSR count). The van der Waals surface area contributed by atoms with Gasteiger partial charge in [-0.25, -0.2) is 13.1 Å². The molecular weight excluding hydrogens is 268 g/mol. The number of sulfonamides is 1. The van der Waals surface area contributed by atoms with E-state index in [1.165, 1.54) is 38.3 Å². The number of carbonyl (C=O) groups is 1. The number of methoxy groups -OCH3 is 1. The van der Waals surface area contributed by atoms with E-state index in [2.05, 4.69) is 10.0 Å². The van der Waals surface area contributed by atoms with Gasteiger partial charge in [-0.15, -0.1) is 0 Å². The van der Waals surface area contributed by atoms with Gasteiger partial charge in [-0.05, 0) is 31.2 Å². The molecule has 1 aromatic rings. The molecule has 1 atom stereocenters. The highest BCUT2D eigenvalue weighted by Gasteiger charge is 2.17. The average Bonchev–Trinajstić information content (AvgIpc) is 2.28. The Morgan fingerprint density at radius 2 is 1.89 bits per heavy atom. The molecule has 0 saturated carbocycles. The second-order valence-electron chi connectivity index (χ2n) is 4.18. The average molecular weight is 286 g/mol. The predicted molar refractivity (Wildman–Crippen MR) is 72.4 cm³/mol. The molecule has 0 aromatic heterocycles. The lowest BCUT2D eigenvalue weighted by Gasteiger charge is -2.13. The van der Waals surface area contributed by atoms with Crippen molar-refractivity contribution in [3.63, 3.8) is 0 Å². The summed E-state index contributed by atoms with van der Waals surface area (Å²) in [6, 6.07) is 5.64. The van der Waals surface area contributed by atoms with Crippen LogP contribution in [0.4, 0.5) is 5.69 Å². The van der Waals surface area contributed by atoms with Gasteiger partial charge < -0.3 is 10.1 Å². The van der Waals surface area contributed by atoms with Crippen molar-refractivity contribution in [1.29, 1.82) is 0 Å². The van der Waals surface area contributed by atoms with E-state index in [4.69, 9.17) is 4.74 Å². The van der Waals surface area contributed by atoms with Crippen LogP contribution in [0.25, 0.3) is 0 Å². The summed E-state index contributed by atoms with van der Waals surface area (Å²) in [5, 5.41) is 2.57.